The number of hydrogen-bond donors (Lipinski definition) is 2. The van der Waals surface area contributed by atoms with Crippen LogP contribution in [0.15, 0.2) is 67.0 Å². The SMILES string of the molecule is COCC1CC(Cn2cnc(-c3ccccc3)c2Cc2ccccc2)NN1. The summed E-state index contributed by atoms with van der Waals surface area (Å²) in [5.41, 5.74) is 11.5. The Morgan fingerprint density at radius 1 is 1.00 bits per heavy atom. The van der Waals surface area contributed by atoms with Crippen LogP contribution in [0, 0.1) is 0 Å². The van der Waals surface area contributed by atoms with Crippen molar-refractivity contribution in [3.8, 4) is 11.3 Å². The van der Waals surface area contributed by atoms with Gasteiger partial charge in [-0.25, -0.2) is 4.98 Å². The van der Waals surface area contributed by atoms with E-state index in [1.807, 2.05) is 12.4 Å². The lowest BCUT2D eigenvalue weighted by atomic mass is 10.0. The molecule has 0 amide bonds. The number of ether oxygens (including phenoxy) is 1. The van der Waals surface area contributed by atoms with Gasteiger partial charge < -0.3 is 9.30 Å². The Hall–Kier alpha value is -2.47. The van der Waals surface area contributed by atoms with E-state index in [1.54, 1.807) is 7.11 Å². The number of methoxy groups -OCH3 is 1. The van der Waals surface area contributed by atoms with Gasteiger partial charge in [-0.2, -0.15) is 0 Å². The van der Waals surface area contributed by atoms with E-state index in [0.29, 0.717) is 12.1 Å². The van der Waals surface area contributed by atoms with E-state index in [-0.39, 0.29) is 0 Å². The van der Waals surface area contributed by atoms with Crippen molar-refractivity contribution in [2.75, 3.05) is 13.7 Å². The zero-order chi connectivity index (χ0) is 18.5. The number of hydrogen-bond acceptors (Lipinski definition) is 4. The Morgan fingerprint density at radius 3 is 2.44 bits per heavy atom. The molecule has 1 saturated heterocycles. The van der Waals surface area contributed by atoms with Crippen molar-refractivity contribution in [3.63, 3.8) is 0 Å². The highest BCUT2D eigenvalue weighted by atomic mass is 16.5. The molecule has 0 bridgehead atoms. The molecule has 5 heteroatoms. The monoisotopic (exact) mass is 362 g/mol. The van der Waals surface area contributed by atoms with Crippen LogP contribution in [0.3, 0.4) is 0 Å². The van der Waals surface area contributed by atoms with Crippen molar-refractivity contribution in [2.24, 2.45) is 0 Å². The molecule has 1 fully saturated rings. The average Bonchev–Trinajstić information content (AvgIpc) is 3.31. The van der Waals surface area contributed by atoms with Crippen LogP contribution in [-0.2, 0) is 17.7 Å². The Kier molecular flexibility index (Phi) is 5.63. The number of aromatic nitrogens is 2. The second-order valence-corrected chi connectivity index (χ2v) is 7.09. The largest absolute Gasteiger partial charge is 0.383 e. The molecule has 1 aliphatic heterocycles. The molecule has 27 heavy (non-hydrogen) atoms. The molecule has 2 aromatic carbocycles. The molecule has 3 aromatic rings. The average molecular weight is 362 g/mol. The second-order valence-electron chi connectivity index (χ2n) is 7.09. The van der Waals surface area contributed by atoms with Crippen LogP contribution >= 0.6 is 0 Å². The summed E-state index contributed by atoms with van der Waals surface area (Å²) in [6.07, 6.45) is 3.89. The molecule has 4 rings (SSSR count). The number of hydrazine groups is 1. The highest BCUT2D eigenvalue weighted by molar-refractivity contribution is 5.62. The fourth-order valence-electron chi connectivity index (χ4n) is 3.74. The third kappa shape index (κ3) is 4.27. The molecule has 0 aliphatic carbocycles. The van der Waals surface area contributed by atoms with Gasteiger partial charge in [0.25, 0.3) is 0 Å². The van der Waals surface area contributed by atoms with Gasteiger partial charge in [-0.05, 0) is 12.0 Å². The van der Waals surface area contributed by atoms with Gasteiger partial charge in [0.1, 0.15) is 0 Å². The maximum Gasteiger partial charge on any atom is 0.0956 e. The van der Waals surface area contributed by atoms with Crippen LogP contribution in [0.4, 0.5) is 0 Å². The second kappa shape index (κ2) is 8.48. The summed E-state index contributed by atoms with van der Waals surface area (Å²) in [6, 6.07) is 21.8. The van der Waals surface area contributed by atoms with Gasteiger partial charge in [0.05, 0.1) is 18.6 Å². The van der Waals surface area contributed by atoms with Gasteiger partial charge >= 0.3 is 0 Å². The van der Waals surface area contributed by atoms with Crippen LogP contribution in [-0.4, -0.2) is 35.4 Å². The van der Waals surface area contributed by atoms with Gasteiger partial charge in [-0.15, -0.1) is 0 Å². The zero-order valence-corrected chi connectivity index (χ0v) is 15.6. The van der Waals surface area contributed by atoms with E-state index in [0.717, 1.165) is 37.3 Å². The number of imidazole rings is 1. The van der Waals surface area contributed by atoms with E-state index in [9.17, 15) is 0 Å². The number of nitrogens with one attached hydrogen (secondary N) is 2. The summed E-state index contributed by atoms with van der Waals surface area (Å²) in [6.45, 7) is 1.61. The summed E-state index contributed by atoms with van der Waals surface area (Å²) in [5, 5.41) is 0. The van der Waals surface area contributed by atoms with E-state index in [4.69, 9.17) is 9.72 Å². The van der Waals surface area contributed by atoms with E-state index >= 15 is 0 Å². The minimum Gasteiger partial charge on any atom is -0.383 e. The molecule has 0 spiro atoms. The predicted octanol–water partition coefficient (Wildman–Crippen LogP) is 3.02. The fraction of sp³-hybridized carbons (Fsp3) is 0.318. The Morgan fingerprint density at radius 2 is 1.70 bits per heavy atom. The molecule has 0 radical (unpaired) electrons. The molecule has 2 unspecified atom stereocenters. The Labute approximate surface area is 160 Å². The highest BCUT2D eigenvalue weighted by Gasteiger charge is 2.25. The lowest BCUT2D eigenvalue weighted by Gasteiger charge is -2.15. The lowest BCUT2D eigenvalue weighted by molar-refractivity contribution is 0.171. The first-order valence-corrected chi connectivity index (χ1v) is 9.47. The molecule has 2 N–H and O–H groups in total. The Bertz CT molecular complexity index is 847. The number of nitrogens with zero attached hydrogens (tertiary/aromatic N) is 2. The van der Waals surface area contributed by atoms with Crippen molar-refractivity contribution in [3.05, 3.63) is 78.2 Å². The Balaban J connectivity index is 1.60. The minimum atomic E-state index is 0.356. The fourth-order valence-corrected chi connectivity index (χ4v) is 3.74. The topological polar surface area (TPSA) is 51.1 Å². The third-order valence-corrected chi connectivity index (χ3v) is 5.05. The first-order chi connectivity index (χ1) is 13.3. The molecule has 1 aromatic heterocycles. The molecular formula is C22H26N4O. The van der Waals surface area contributed by atoms with Crippen LogP contribution in [0.2, 0.25) is 0 Å². The van der Waals surface area contributed by atoms with Crippen molar-refractivity contribution >= 4 is 0 Å². The van der Waals surface area contributed by atoms with E-state index in [2.05, 4.69) is 70.0 Å². The van der Waals surface area contributed by atoms with Gasteiger partial charge in [0.15, 0.2) is 0 Å². The summed E-state index contributed by atoms with van der Waals surface area (Å²) >= 11 is 0. The van der Waals surface area contributed by atoms with Crippen molar-refractivity contribution in [1.29, 1.82) is 0 Å². The quantitative estimate of drug-likeness (QED) is 0.678. The van der Waals surface area contributed by atoms with Gasteiger partial charge in [0.2, 0.25) is 0 Å². The molecule has 2 atom stereocenters. The number of rotatable bonds is 7. The first kappa shape index (κ1) is 17.9. The first-order valence-electron chi connectivity index (χ1n) is 9.47. The van der Waals surface area contributed by atoms with Crippen LogP contribution in [0.25, 0.3) is 11.3 Å². The predicted molar refractivity (Wildman–Crippen MR) is 107 cm³/mol. The summed E-state index contributed by atoms with van der Waals surface area (Å²) in [5.74, 6) is 0. The standard InChI is InChI=1S/C22H26N4O/c1-27-15-20-13-19(24-25-20)14-26-16-23-22(18-10-6-3-7-11-18)21(26)12-17-8-4-2-5-9-17/h2-11,16,19-20,24-25H,12-15H2,1H3. The van der Waals surface area contributed by atoms with Gasteiger partial charge in [0, 0.05) is 43.4 Å². The smallest absolute Gasteiger partial charge is 0.0956 e. The molecule has 2 heterocycles. The molecular weight excluding hydrogens is 336 g/mol. The minimum absolute atomic E-state index is 0.356. The summed E-state index contributed by atoms with van der Waals surface area (Å²) < 4.78 is 7.56. The summed E-state index contributed by atoms with van der Waals surface area (Å²) in [7, 11) is 1.75. The van der Waals surface area contributed by atoms with Crippen LogP contribution < -0.4 is 10.9 Å². The van der Waals surface area contributed by atoms with Gasteiger partial charge in [-0.1, -0.05) is 60.7 Å². The maximum atomic E-state index is 5.27. The van der Waals surface area contributed by atoms with Crippen LogP contribution in [0.5, 0.6) is 0 Å². The third-order valence-electron chi connectivity index (χ3n) is 5.05. The van der Waals surface area contributed by atoms with Crippen molar-refractivity contribution in [2.45, 2.75) is 31.5 Å². The maximum absolute atomic E-state index is 5.27. The highest BCUT2D eigenvalue weighted by Crippen LogP contribution is 2.25. The number of benzene rings is 2. The molecule has 5 nitrogen and oxygen atoms in total. The van der Waals surface area contributed by atoms with Crippen molar-refractivity contribution < 1.29 is 4.74 Å². The van der Waals surface area contributed by atoms with E-state index < -0.39 is 0 Å². The van der Waals surface area contributed by atoms with Crippen molar-refractivity contribution in [1.82, 2.24) is 20.4 Å². The van der Waals surface area contributed by atoms with Crippen LogP contribution in [0.1, 0.15) is 17.7 Å². The normalized spacial score (nSPS) is 19.4. The zero-order valence-electron chi connectivity index (χ0n) is 15.6. The van der Waals surface area contributed by atoms with Gasteiger partial charge in [-0.3, -0.25) is 10.9 Å². The molecule has 140 valence electrons. The molecule has 1 aliphatic rings. The van der Waals surface area contributed by atoms with E-state index in [1.165, 1.54) is 11.3 Å². The summed E-state index contributed by atoms with van der Waals surface area (Å²) in [4.78, 5) is 4.77. The lowest BCUT2D eigenvalue weighted by Crippen LogP contribution is -2.36. The molecule has 0 saturated carbocycles.